The summed E-state index contributed by atoms with van der Waals surface area (Å²) >= 11 is 1.92. The lowest BCUT2D eigenvalue weighted by atomic mass is 10.00. The topological polar surface area (TPSA) is 55.1 Å². The Morgan fingerprint density at radius 1 is 1.14 bits per heavy atom. The highest BCUT2D eigenvalue weighted by Crippen LogP contribution is 2.38. The summed E-state index contributed by atoms with van der Waals surface area (Å²) in [6, 6.07) is 8.40. The third-order valence-corrected chi connectivity index (χ3v) is 6.34. The molecule has 120 valence electrons. The lowest BCUT2D eigenvalue weighted by Crippen LogP contribution is -2.28. The molecule has 2 aliphatic rings. The Morgan fingerprint density at radius 2 is 1.91 bits per heavy atom. The van der Waals surface area contributed by atoms with Crippen molar-refractivity contribution < 1.29 is 4.79 Å². The van der Waals surface area contributed by atoms with E-state index in [0.717, 1.165) is 24.9 Å². The molecule has 0 unspecified atom stereocenters. The Balaban J connectivity index is 1.60. The summed E-state index contributed by atoms with van der Waals surface area (Å²) in [5.41, 5.74) is 7.04. The Labute approximate surface area is 137 Å². The highest BCUT2D eigenvalue weighted by molar-refractivity contribution is 8.00. The zero-order valence-electron chi connectivity index (χ0n) is 13.1. The van der Waals surface area contributed by atoms with Crippen LogP contribution in [0.25, 0.3) is 0 Å². The van der Waals surface area contributed by atoms with Crippen LogP contribution in [-0.4, -0.2) is 17.2 Å². The van der Waals surface area contributed by atoms with Crippen molar-refractivity contribution in [1.82, 2.24) is 0 Å². The molecule has 22 heavy (non-hydrogen) atoms. The minimum atomic E-state index is 0.113. The number of thioether (sulfide) groups is 1. The molecule has 1 amide bonds. The van der Waals surface area contributed by atoms with Gasteiger partial charge in [0.25, 0.3) is 0 Å². The van der Waals surface area contributed by atoms with Gasteiger partial charge in [0.05, 0.1) is 5.69 Å². The molecular weight excluding hydrogens is 292 g/mol. The van der Waals surface area contributed by atoms with Crippen molar-refractivity contribution >= 4 is 23.4 Å². The fraction of sp³-hybridized carbons (Fsp3) is 0.611. The van der Waals surface area contributed by atoms with Crippen molar-refractivity contribution in [3.05, 3.63) is 24.3 Å². The van der Waals surface area contributed by atoms with E-state index in [1.54, 1.807) is 0 Å². The van der Waals surface area contributed by atoms with Gasteiger partial charge >= 0.3 is 0 Å². The van der Waals surface area contributed by atoms with Gasteiger partial charge in [-0.25, -0.2) is 0 Å². The maximum absolute atomic E-state index is 12.3. The first-order valence-electron chi connectivity index (χ1n) is 8.53. The fourth-order valence-corrected chi connectivity index (χ4v) is 4.95. The van der Waals surface area contributed by atoms with Crippen LogP contribution in [0.5, 0.6) is 0 Å². The number of rotatable bonds is 5. The molecule has 0 aromatic heterocycles. The Bertz CT molecular complexity index is 514. The number of carbonyl (C=O) groups excluding carboxylic acids is 1. The molecule has 2 atom stereocenters. The third kappa shape index (κ3) is 4.05. The van der Waals surface area contributed by atoms with E-state index in [4.69, 9.17) is 5.73 Å². The van der Waals surface area contributed by atoms with Crippen molar-refractivity contribution in [3.8, 4) is 0 Å². The molecular formula is C18H26N2OS. The van der Waals surface area contributed by atoms with E-state index in [1.165, 1.54) is 30.6 Å². The third-order valence-electron chi connectivity index (χ3n) is 4.92. The molecule has 0 saturated heterocycles. The molecule has 1 aromatic carbocycles. The van der Waals surface area contributed by atoms with Gasteiger partial charge in [0, 0.05) is 22.6 Å². The molecule has 2 aliphatic carbocycles. The number of para-hydroxylation sites is 1. The van der Waals surface area contributed by atoms with Crippen LogP contribution >= 0.6 is 11.8 Å². The molecule has 2 fully saturated rings. The molecule has 0 bridgehead atoms. The molecule has 0 aliphatic heterocycles. The second-order valence-corrected chi connectivity index (χ2v) is 7.97. The summed E-state index contributed by atoms with van der Waals surface area (Å²) in [5.74, 6) is 0.469. The second-order valence-electron chi connectivity index (χ2n) is 6.63. The minimum Gasteiger partial charge on any atom is -0.327 e. The summed E-state index contributed by atoms with van der Waals surface area (Å²) in [6.45, 7) is 0. The standard InChI is InChI=1S/C18H26N2OS/c19-15-9-5-6-13(15)12-18(21)20-16-10-3-4-11-17(16)22-14-7-1-2-8-14/h3-4,10-11,13-15H,1-2,5-9,12,19H2,(H,20,21)/t13-,15+/m0/s1. The van der Waals surface area contributed by atoms with Gasteiger partial charge < -0.3 is 11.1 Å². The number of hydrogen-bond donors (Lipinski definition) is 2. The van der Waals surface area contributed by atoms with Crippen LogP contribution < -0.4 is 11.1 Å². The normalized spacial score (nSPS) is 25.5. The van der Waals surface area contributed by atoms with E-state index in [1.807, 2.05) is 23.9 Å². The van der Waals surface area contributed by atoms with E-state index >= 15 is 0 Å². The van der Waals surface area contributed by atoms with Gasteiger partial charge in [0.1, 0.15) is 0 Å². The number of carbonyl (C=O) groups is 1. The largest absolute Gasteiger partial charge is 0.327 e. The summed E-state index contributed by atoms with van der Waals surface area (Å²) in [7, 11) is 0. The van der Waals surface area contributed by atoms with Crippen molar-refractivity contribution in [2.75, 3.05) is 5.32 Å². The average molecular weight is 318 g/mol. The molecule has 3 rings (SSSR count). The van der Waals surface area contributed by atoms with Crippen LogP contribution in [0.4, 0.5) is 5.69 Å². The SMILES string of the molecule is N[C@@H]1CCC[C@H]1CC(=O)Nc1ccccc1SC1CCCC1. The number of nitrogens with two attached hydrogens (primary N) is 1. The Hall–Kier alpha value is -1.00. The van der Waals surface area contributed by atoms with Crippen LogP contribution in [0.3, 0.4) is 0 Å². The number of amides is 1. The highest BCUT2D eigenvalue weighted by atomic mass is 32.2. The number of benzene rings is 1. The van der Waals surface area contributed by atoms with Gasteiger partial charge in [-0.2, -0.15) is 0 Å². The predicted molar refractivity (Wildman–Crippen MR) is 93.1 cm³/mol. The lowest BCUT2D eigenvalue weighted by Gasteiger charge is -2.17. The molecule has 0 spiro atoms. The van der Waals surface area contributed by atoms with E-state index in [9.17, 15) is 4.79 Å². The number of nitrogens with one attached hydrogen (secondary N) is 1. The first kappa shape index (κ1) is 15.9. The molecule has 0 radical (unpaired) electrons. The monoisotopic (exact) mass is 318 g/mol. The number of anilines is 1. The maximum atomic E-state index is 12.3. The summed E-state index contributed by atoms with van der Waals surface area (Å²) in [6.07, 6.45) is 9.14. The zero-order valence-corrected chi connectivity index (χ0v) is 13.9. The predicted octanol–water partition coefficient (Wildman–Crippen LogP) is 4.18. The minimum absolute atomic E-state index is 0.113. The van der Waals surface area contributed by atoms with Gasteiger partial charge in [0.15, 0.2) is 0 Å². The first-order valence-corrected chi connectivity index (χ1v) is 9.41. The van der Waals surface area contributed by atoms with Crippen molar-refractivity contribution in [2.24, 2.45) is 11.7 Å². The Morgan fingerprint density at radius 3 is 2.64 bits per heavy atom. The zero-order chi connectivity index (χ0) is 15.4. The fourth-order valence-electron chi connectivity index (χ4n) is 3.62. The summed E-state index contributed by atoms with van der Waals surface area (Å²) in [4.78, 5) is 13.5. The Kier molecular flexibility index (Phi) is 5.42. The van der Waals surface area contributed by atoms with Gasteiger partial charge in [-0.3, -0.25) is 4.79 Å². The highest BCUT2D eigenvalue weighted by Gasteiger charge is 2.26. The van der Waals surface area contributed by atoms with Gasteiger partial charge in [-0.05, 0) is 43.7 Å². The average Bonchev–Trinajstić information content (AvgIpc) is 3.14. The van der Waals surface area contributed by atoms with Crippen LogP contribution in [0.1, 0.15) is 51.4 Å². The maximum Gasteiger partial charge on any atom is 0.224 e. The van der Waals surface area contributed by atoms with Crippen LogP contribution in [-0.2, 0) is 4.79 Å². The van der Waals surface area contributed by atoms with E-state index < -0.39 is 0 Å². The smallest absolute Gasteiger partial charge is 0.224 e. The van der Waals surface area contributed by atoms with E-state index in [-0.39, 0.29) is 11.9 Å². The molecule has 0 heterocycles. The van der Waals surface area contributed by atoms with Gasteiger partial charge in [-0.15, -0.1) is 11.8 Å². The molecule has 1 aromatic rings. The van der Waals surface area contributed by atoms with Crippen LogP contribution in [0, 0.1) is 5.92 Å². The molecule has 3 nitrogen and oxygen atoms in total. The van der Waals surface area contributed by atoms with Crippen molar-refractivity contribution in [3.63, 3.8) is 0 Å². The van der Waals surface area contributed by atoms with Crippen LogP contribution in [0.2, 0.25) is 0 Å². The number of hydrogen-bond acceptors (Lipinski definition) is 3. The van der Waals surface area contributed by atoms with Gasteiger partial charge in [-0.1, -0.05) is 31.4 Å². The molecule has 3 N–H and O–H groups in total. The molecule has 2 saturated carbocycles. The van der Waals surface area contributed by atoms with Crippen LogP contribution in [0.15, 0.2) is 29.2 Å². The first-order chi connectivity index (χ1) is 10.7. The molecule has 4 heteroatoms. The second kappa shape index (κ2) is 7.51. The van der Waals surface area contributed by atoms with Crippen molar-refractivity contribution in [1.29, 1.82) is 0 Å². The quantitative estimate of drug-likeness (QED) is 0.856. The van der Waals surface area contributed by atoms with Crippen molar-refractivity contribution in [2.45, 2.75) is 67.6 Å². The van der Waals surface area contributed by atoms with E-state index in [0.29, 0.717) is 17.6 Å². The summed E-state index contributed by atoms with van der Waals surface area (Å²) < 4.78 is 0. The lowest BCUT2D eigenvalue weighted by molar-refractivity contribution is -0.117. The van der Waals surface area contributed by atoms with E-state index in [2.05, 4.69) is 17.4 Å². The summed E-state index contributed by atoms with van der Waals surface area (Å²) in [5, 5.41) is 3.83. The van der Waals surface area contributed by atoms with Gasteiger partial charge in [0.2, 0.25) is 5.91 Å².